The molecule has 0 aliphatic rings. The Labute approximate surface area is 92.4 Å². The molecule has 2 aromatic heterocycles. The molecule has 0 aliphatic carbocycles. The van der Waals surface area contributed by atoms with Gasteiger partial charge in [0.1, 0.15) is 4.70 Å². The first kappa shape index (κ1) is 10.4. The highest BCUT2D eigenvalue weighted by atomic mass is 32.1. The summed E-state index contributed by atoms with van der Waals surface area (Å²) in [6, 6.07) is 0. The molecular weight excluding hydrogens is 208 g/mol. The second-order valence-electron chi connectivity index (χ2n) is 4.19. The van der Waals surface area contributed by atoms with E-state index in [2.05, 4.69) is 18.8 Å². The molecule has 15 heavy (non-hydrogen) atoms. The zero-order chi connectivity index (χ0) is 11.0. The van der Waals surface area contributed by atoms with Crippen molar-refractivity contribution in [2.75, 3.05) is 0 Å². The van der Waals surface area contributed by atoms with E-state index in [1.54, 1.807) is 10.9 Å². The zero-order valence-corrected chi connectivity index (χ0v) is 9.97. The molecule has 0 radical (unpaired) electrons. The van der Waals surface area contributed by atoms with Gasteiger partial charge >= 0.3 is 0 Å². The van der Waals surface area contributed by atoms with Crippen molar-refractivity contribution in [3.63, 3.8) is 0 Å². The molecule has 0 saturated heterocycles. The average molecular weight is 222 g/mol. The summed E-state index contributed by atoms with van der Waals surface area (Å²) in [6.45, 7) is 6.91. The van der Waals surface area contributed by atoms with Crippen molar-refractivity contribution >= 4 is 21.6 Å². The fourth-order valence-corrected chi connectivity index (χ4v) is 2.53. The quantitative estimate of drug-likeness (QED) is 0.782. The first-order valence-corrected chi connectivity index (χ1v) is 5.91. The number of aromatic nitrogens is 2. The van der Waals surface area contributed by atoms with Crippen molar-refractivity contribution in [2.24, 2.45) is 5.92 Å². The Kier molecular flexibility index (Phi) is 2.61. The second-order valence-corrected chi connectivity index (χ2v) is 5.07. The van der Waals surface area contributed by atoms with E-state index in [-0.39, 0.29) is 5.56 Å². The smallest absolute Gasteiger partial charge is 0.271 e. The van der Waals surface area contributed by atoms with Gasteiger partial charge in [-0.2, -0.15) is 0 Å². The third kappa shape index (κ3) is 1.81. The molecule has 2 rings (SSSR count). The summed E-state index contributed by atoms with van der Waals surface area (Å²) < 4.78 is 2.47. The lowest BCUT2D eigenvalue weighted by Crippen LogP contribution is -2.22. The molecule has 0 bridgehead atoms. The minimum absolute atomic E-state index is 0.0896. The van der Waals surface area contributed by atoms with E-state index in [4.69, 9.17) is 0 Å². The fourth-order valence-electron chi connectivity index (χ4n) is 1.58. The van der Waals surface area contributed by atoms with Gasteiger partial charge in [0.15, 0.2) is 0 Å². The second kappa shape index (κ2) is 3.77. The molecule has 0 N–H and O–H groups in total. The molecule has 0 unspecified atom stereocenters. The molecule has 0 aromatic carbocycles. The molecule has 3 nitrogen and oxygen atoms in total. The largest absolute Gasteiger partial charge is 0.298 e. The van der Waals surface area contributed by atoms with Crippen LogP contribution in [0.4, 0.5) is 0 Å². The van der Waals surface area contributed by atoms with E-state index in [0.717, 1.165) is 22.3 Å². The van der Waals surface area contributed by atoms with Gasteiger partial charge in [0.25, 0.3) is 5.56 Å². The highest BCUT2D eigenvalue weighted by Crippen LogP contribution is 2.19. The van der Waals surface area contributed by atoms with E-state index in [1.807, 2.05) is 12.3 Å². The number of thiophene rings is 1. The van der Waals surface area contributed by atoms with Crippen LogP contribution in [0.15, 0.2) is 16.5 Å². The molecule has 0 saturated carbocycles. The molecule has 0 fully saturated rings. The third-order valence-electron chi connectivity index (χ3n) is 2.29. The Morgan fingerprint density at radius 3 is 2.93 bits per heavy atom. The van der Waals surface area contributed by atoms with E-state index in [0.29, 0.717) is 5.92 Å². The van der Waals surface area contributed by atoms with E-state index >= 15 is 0 Å². The molecule has 0 atom stereocenters. The van der Waals surface area contributed by atoms with Crippen LogP contribution in [0.3, 0.4) is 0 Å². The van der Waals surface area contributed by atoms with Crippen LogP contribution in [0.5, 0.6) is 0 Å². The van der Waals surface area contributed by atoms with Crippen molar-refractivity contribution in [3.8, 4) is 0 Å². The van der Waals surface area contributed by atoms with Gasteiger partial charge in [0.05, 0.1) is 11.8 Å². The topological polar surface area (TPSA) is 34.9 Å². The summed E-state index contributed by atoms with van der Waals surface area (Å²) in [5, 5.41) is 1.98. The summed E-state index contributed by atoms with van der Waals surface area (Å²) in [5.74, 6) is 0.461. The van der Waals surface area contributed by atoms with Crippen LogP contribution in [-0.4, -0.2) is 9.55 Å². The number of rotatable bonds is 2. The Morgan fingerprint density at radius 2 is 2.27 bits per heavy atom. The monoisotopic (exact) mass is 222 g/mol. The summed E-state index contributed by atoms with van der Waals surface area (Å²) in [6.07, 6.45) is 1.66. The predicted molar refractivity (Wildman–Crippen MR) is 63.5 cm³/mol. The van der Waals surface area contributed by atoms with Crippen LogP contribution < -0.4 is 5.56 Å². The lowest BCUT2D eigenvalue weighted by Gasteiger charge is -2.07. The van der Waals surface area contributed by atoms with Gasteiger partial charge in [0.2, 0.25) is 0 Å². The zero-order valence-electron chi connectivity index (χ0n) is 9.15. The molecule has 0 amide bonds. The van der Waals surface area contributed by atoms with Gasteiger partial charge in [-0.15, -0.1) is 11.3 Å². The number of hydrogen-bond donors (Lipinski definition) is 0. The van der Waals surface area contributed by atoms with E-state index in [1.165, 1.54) is 11.3 Å². The summed E-state index contributed by atoms with van der Waals surface area (Å²) >= 11 is 1.49. The van der Waals surface area contributed by atoms with Crippen LogP contribution >= 0.6 is 11.3 Å². The van der Waals surface area contributed by atoms with Crippen LogP contribution in [0.1, 0.15) is 19.4 Å². The van der Waals surface area contributed by atoms with Crippen molar-refractivity contribution in [1.29, 1.82) is 0 Å². The van der Waals surface area contributed by atoms with Crippen molar-refractivity contribution in [2.45, 2.75) is 27.3 Å². The van der Waals surface area contributed by atoms with Gasteiger partial charge in [-0.05, 0) is 23.8 Å². The van der Waals surface area contributed by atoms with Crippen molar-refractivity contribution in [3.05, 3.63) is 27.6 Å². The molecule has 2 aromatic rings. The molecule has 4 heteroatoms. The molecular formula is C11H14N2OS. The van der Waals surface area contributed by atoms with Gasteiger partial charge in [0, 0.05) is 6.54 Å². The van der Waals surface area contributed by atoms with Crippen LogP contribution in [0, 0.1) is 12.8 Å². The van der Waals surface area contributed by atoms with Gasteiger partial charge in [-0.25, -0.2) is 4.98 Å². The Hall–Kier alpha value is -1.16. The number of nitrogens with zero attached hydrogens (tertiary/aromatic N) is 2. The number of hydrogen-bond acceptors (Lipinski definition) is 3. The average Bonchev–Trinajstić information content (AvgIpc) is 2.53. The molecule has 0 aliphatic heterocycles. The lowest BCUT2D eigenvalue weighted by atomic mass is 10.2. The predicted octanol–water partition coefficient (Wildman–Crippen LogP) is 2.42. The van der Waals surface area contributed by atoms with Gasteiger partial charge < -0.3 is 0 Å². The van der Waals surface area contributed by atoms with Crippen molar-refractivity contribution in [1.82, 2.24) is 9.55 Å². The highest BCUT2D eigenvalue weighted by Gasteiger charge is 2.08. The lowest BCUT2D eigenvalue weighted by molar-refractivity contribution is 0.508. The minimum Gasteiger partial charge on any atom is -0.298 e. The maximum Gasteiger partial charge on any atom is 0.271 e. The normalized spacial score (nSPS) is 11.5. The number of fused-ring (bicyclic) bond motifs is 1. The maximum absolute atomic E-state index is 12.0. The first-order chi connectivity index (χ1) is 7.09. The van der Waals surface area contributed by atoms with Gasteiger partial charge in [-0.1, -0.05) is 13.8 Å². The standard InChI is InChI=1S/C11H14N2OS/c1-7(2)4-13-6-12-9-8(3)5-15-10(9)11(13)14/h5-7H,4H2,1-3H3. The number of aryl methyl sites for hydroxylation is 1. The fraction of sp³-hybridized carbons (Fsp3) is 0.455. The van der Waals surface area contributed by atoms with Gasteiger partial charge in [-0.3, -0.25) is 9.36 Å². The van der Waals surface area contributed by atoms with Crippen molar-refractivity contribution < 1.29 is 0 Å². The minimum atomic E-state index is 0.0896. The van der Waals surface area contributed by atoms with Crippen LogP contribution in [0.2, 0.25) is 0 Å². The third-order valence-corrected chi connectivity index (χ3v) is 3.36. The molecule has 0 spiro atoms. The Morgan fingerprint density at radius 1 is 1.53 bits per heavy atom. The van der Waals surface area contributed by atoms with Crippen LogP contribution in [-0.2, 0) is 6.54 Å². The molecule has 80 valence electrons. The summed E-state index contributed by atoms with van der Waals surface area (Å²) in [5.41, 5.74) is 2.03. The maximum atomic E-state index is 12.0. The first-order valence-electron chi connectivity index (χ1n) is 5.03. The van der Waals surface area contributed by atoms with E-state index < -0.39 is 0 Å². The molecule has 2 heterocycles. The van der Waals surface area contributed by atoms with Crippen LogP contribution in [0.25, 0.3) is 10.2 Å². The Bertz CT molecular complexity index is 539. The summed E-state index contributed by atoms with van der Waals surface area (Å²) in [4.78, 5) is 16.3. The van der Waals surface area contributed by atoms with E-state index in [9.17, 15) is 4.79 Å². The highest BCUT2D eigenvalue weighted by molar-refractivity contribution is 7.17. The summed E-state index contributed by atoms with van der Waals surface area (Å²) in [7, 11) is 0. The SMILES string of the molecule is Cc1csc2c(=O)n(CC(C)C)cnc12. The Balaban J connectivity index is 2.61.